The Bertz CT molecular complexity index is 458. The van der Waals surface area contributed by atoms with E-state index < -0.39 is 5.97 Å². The van der Waals surface area contributed by atoms with Gasteiger partial charge in [-0.15, -0.1) is 0 Å². The number of nitrogens with zero attached hydrogens (tertiary/aromatic N) is 3. The van der Waals surface area contributed by atoms with Crippen molar-refractivity contribution < 1.29 is 14.7 Å². The maximum Gasteiger partial charge on any atom is 0.303 e. The number of imidazole rings is 1. The van der Waals surface area contributed by atoms with Crippen molar-refractivity contribution in [3.05, 3.63) is 17.2 Å². The SMILES string of the molecule is O=C(O)CCC(=O)N1CCn2c(Cl)cnc2C1. The van der Waals surface area contributed by atoms with Crippen LogP contribution in [0.2, 0.25) is 5.15 Å². The van der Waals surface area contributed by atoms with Gasteiger partial charge in [0, 0.05) is 19.5 Å². The Morgan fingerprint density at radius 3 is 2.88 bits per heavy atom. The highest BCUT2D eigenvalue weighted by Crippen LogP contribution is 2.18. The lowest BCUT2D eigenvalue weighted by atomic mass is 10.2. The average Bonchev–Trinajstić information content (AvgIpc) is 2.67. The normalized spacial score (nSPS) is 14.5. The average molecular weight is 258 g/mol. The minimum absolute atomic E-state index is 0.0315. The number of hydrogen-bond donors (Lipinski definition) is 1. The molecule has 1 N–H and O–H groups in total. The van der Waals surface area contributed by atoms with Gasteiger partial charge < -0.3 is 14.6 Å². The van der Waals surface area contributed by atoms with Crippen LogP contribution in [-0.2, 0) is 22.7 Å². The third-order valence-corrected chi connectivity index (χ3v) is 3.02. The summed E-state index contributed by atoms with van der Waals surface area (Å²) < 4.78 is 1.85. The van der Waals surface area contributed by atoms with E-state index in [1.54, 1.807) is 11.1 Å². The summed E-state index contributed by atoms with van der Waals surface area (Å²) in [4.78, 5) is 27.8. The first-order valence-electron chi connectivity index (χ1n) is 5.27. The second-order valence-electron chi connectivity index (χ2n) is 3.86. The predicted octanol–water partition coefficient (Wildman–Crippen LogP) is 0.744. The van der Waals surface area contributed by atoms with Crippen LogP contribution >= 0.6 is 11.6 Å². The summed E-state index contributed by atoms with van der Waals surface area (Å²) in [5.41, 5.74) is 0. The lowest BCUT2D eigenvalue weighted by Gasteiger charge is -2.27. The number of halogens is 1. The number of hydrogen-bond acceptors (Lipinski definition) is 3. The highest BCUT2D eigenvalue weighted by molar-refractivity contribution is 6.29. The van der Waals surface area contributed by atoms with Crippen molar-refractivity contribution in [3.63, 3.8) is 0 Å². The standard InChI is InChI=1S/C10H12ClN3O3/c11-7-5-12-8-6-13(3-4-14(7)8)9(15)1-2-10(16)17/h5H,1-4,6H2,(H,16,17). The highest BCUT2D eigenvalue weighted by atomic mass is 35.5. The van der Waals surface area contributed by atoms with Gasteiger partial charge in [0.1, 0.15) is 11.0 Å². The van der Waals surface area contributed by atoms with Crippen LogP contribution in [0.1, 0.15) is 18.7 Å². The predicted molar refractivity (Wildman–Crippen MR) is 59.5 cm³/mol. The molecule has 0 aromatic carbocycles. The lowest BCUT2D eigenvalue weighted by Crippen LogP contribution is -2.38. The number of carbonyl (C=O) groups excluding carboxylic acids is 1. The van der Waals surface area contributed by atoms with Crippen LogP contribution in [0.4, 0.5) is 0 Å². The van der Waals surface area contributed by atoms with Crippen molar-refractivity contribution in [2.75, 3.05) is 6.54 Å². The van der Waals surface area contributed by atoms with Gasteiger partial charge in [-0.25, -0.2) is 4.98 Å². The zero-order valence-electron chi connectivity index (χ0n) is 9.10. The van der Waals surface area contributed by atoms with Crippen LogP contribution in [0, 0.1) is 0 Å². The summed E-state index contributed by atoms with van der Waals surface area (Å²) in [5, 5.41) is 9.08. The third-order valence-electron chi connectivity index (χ3n) is 2.72. The van der Waals surface area contributed by atoms with E-state index in [-0.39, 0.29) is 18.7 Å². The molecule has 0 fully saturated rings. The van der Waals surface area contributed by atoms with Crippen molar-refractivity contribution >= 4 is 23.5 Å². The molecule has 92 valence electrons. The second-order valence-corrected chi connectivity index (χ2v) is 4.25. The van der Waals surface area contributed by atoms with E-state index in [4.69, 9.17) is 16.7 Å². The Labute approximate surface area is 103 Å². The third kappa shape index (κ3) is 2.58. The molecule has 1 amide bonds. The first kappa shape index (κ1) is 11.9. The molecular formula is C10H12ClN3O3. The molecule has 1 aliphatic rings. The molecule has 6 nitrogen and oxygen atoms in total. The van der Waals surface area contributed by atoms with E-state index in [1.165, 1.54) is 0 Å². The Hall–Kier alpha value is -1.56. The number of aliphatic carboxylic acids is 1. The molecule has 0 bridgehead atoms. The highest BCUT2D eigenvalue weighted by Gasteiger charge is 2.22. The van der Waals surface area contributed by atoms with Crippen LogP contribution in [0.5, 0.6) is 0 Å². The smallest absolute Gasteiger partial charge is 0.303 e. The fraction of sp³-hybridized carbons (Fsp3) is 0.500. The molecule has 0 unspecified atom stereocenters. The Kier molecular flexibility index (Phi) is 3.33. The number of carboxylic acids is 1. The van der Waals surface area contributed by atoms with E-state index in [1.807, 2.05) is 4.57 Å². The molecule has 2 heterocycles. The van der Waals surface area contributed by atoms with Crippen LogP contribution < -0.4 is 0 Å². The van der Waals surface area contributed by atoms with Crippen LogP contribution in [0.15, 0.2) is 6.20 Å². The van der Waals surface area contributed by atoms with Crippen LogP contribution in [-0.4, -0.2) is 38.0 Å². The second kappa shape index (κ2) is 4.75. The zero-order valence-corrected chi connectivity index (χ0v) is 9.85. The molecule has 0 saturated heterocycles. The van der Waals surface area contributed by atoms with Crippen LogP contribution in [0.25, 0.3) is 0 Å². The summed E-state index contributed by atoms with van der Waals surface area (Å²) >= 11 is 5.91. The van der Waals surface area contributed by atoms with E-state index in [2.05, 4.69) is 4.98 Å². The molecular weight excluding hydrogens is 246 g/mol. The Balaban J connectivity index is 1.98. The summed E-state index contributed by atoms with van der Waals surface area (Å²) in [7, 11) is 0. The summed E-state index contributed by atoms with van der Waals surface area (Å²) in [5.74, 6) is -0.373. The number of carboxylic acid groups (broad SMARTS) is 1. The quantitative estimate of drug-likeness (QED) is 0.867. The first-order chi connectivity index (χ1) is 8.08. The van der Waals surface area contributed by atoms with Gasteiger partial charge in [-0.2, -0.15) is 0 Å². The van der Waals surface area contributed by atoms with Gasteiger partial charge in [-0.3, -0.25) is 9.59 Å². The molecule has 7 heteroatoms. The minimum Gasteiger partial charge on any atom is -0.481 e. The summed E-state index contributed by atoms with van der Waals surface area (Å²) in [6.45, 7) is 1.54. The van der Waals surface area contributed by atoms with Gasteiger partial charge in [0.25, 0.3) is 0 Å². The van der Waals surface area contributed by atoms with Crippen molar-refractivity contribution in [3.8, 4) is 0 Å². The van der Waals surface area contributed by atoms with Gasteiger partial charge in [0.15, 0.2) is 0 Å². The largest absolute Gasteiger partial charge is 0.481 e. The number of amides is 1. The van der Waals surface area contributed by atoms with Gasteiger partial charge in [-0.05, 0) is 0 Å². The van der Waals surface area contributed by atoms with Crippen LogP contribution in [0.3, 0.4) is 0 Å². The van der Waals surface area contributed by atoms with Crippen molar-refractivity contribution in [2.24, 2.45) is 0 Å². The summed E-state index contributed by atoms with van der Waals surface area (Å²) in [6, 6.07) is 0. The van der Waals surface area contributed by atoms with E-state index in [9.17, 15) is 9.59 Å². The molecule has 0 radical (unpaired) electrons. The molecule has 1 aliphatic heterocycles. The number of fused-ring (bicyclic) bond motifs is 1. The molecule has 1 aromatic rings. The monoisotopic (exact) mass is 257 g/mol. The van der Waals surface area contributed by atoms with Gasteiger partial charge in [-0.1, -0.05) is 11.6 Å². The fourth-order valence-corrected chi connectivity index (χ4v) is 2.04. The molecule has 0 saturated carbocycles. The number of carbonyl (C=O) groups is 2. The Morgan fingerprint density at radius 1 is 1.41 bits per heavy atom. The number of rotatable bonds is 3. The van der Waals surface area contributed by atoms with Crippen molar-refractivity contribution in [1.82, 2.24) is 14.5 Å². The molecule has 17 heavy (non-hydrogen) atoms. The lowest BCUT2D eigenvalue weighted by molar-refractivity contribution is -0.141. The van der Waals surface area contributed by atoms with E-state index in [0.717, 1.165) is 5.82 Å². The topological polar surface area (TPSA) is 75.4 Å². The maximum absolute atomic E-state index is 11.7. The van der Waals surface area contributed by atoms with Gasteiger partial charge in [0.2, 0.25) is 5.91 Å². The fourth-order valence-electron chi connectivity index (χ4n) is 1.81. The van der Waals surface area contributed by atoms with Crippen molar-refractivity contribution in [1.29, 1.82) is 0 Å². The molecule has 0 aliphatic carbocycles. The van der Waals surface area contributed by atoms with E-state index in [0.29, 0.717) is 24.8 Å². The van der Waals surface area contributed by atoms with E-state index >= 15 is 0 Å². The van der Waals surface area contributed by atoms with Gasteiger partial charge >= 0.3 is 5.97 Å². The number of aromatic nitrogens is 2. The molecule has 2 rings (SSSR count). The zero-order chi connectivity index (χ0) is 12.4. The van der Waals surface area contributed by atoms with Gasteiger partial charge in [0.05, 0.1) is 19.2 Å². The Morgan fingerprint density at radius 2 is 2.18 bits per heavy atom. The molecule has 0 spiro atoms. The minimum atomic E-state index is -0.958. The van der Waals surface area contributed by atoms with Crippen molar-refractivity contribution in [2.45, 2.75) is 25.9 Å². The molecule has 1 aromatic heterocycles. The molecule has 0 atom stereocenters. The summed E-state index contributed by atoms with van der Waals surface area (Å²) in [6.07, 6.45) is 1.45. The first-order valence-corrected chi connectivity index (χ1v) is 5.65. The maximum atomic E-state index is 11.7.